The van der Waals surface area contributed by atoms with Crippen LogP contribution in [0.5, 0.6) is 11.5 Å². The van der Waals surface area contributed by atoms with Crippen LogP contribution in [0.15, 0.2) is 65.0 Å². The molecule has 1 unspecified atom stereocenters. The third-order valence-corrected chi connectivity index (χ3v) is 6.06. The SMILES string of the molecule is CCOc1cc(C2C(C(=O)OCc3ccccc3)=C(C)Nc3nc(SCC)nn32)ccc1OC. The van der Waals surface area contributed by atoms with Gasteiger partial charge in [-0.2, -0.15) is 4.98 Å². The molecule has 34 heavy (non-hydrogen) atoms. The zero-order valence-corrected chi connectivity index (χ0v) is 20.5. The maximum atomic E-state index is 13.4. The minimum Gasteiger partial charge on any atom is -0.493 e. The van der Waals surface area contributed by atoms with Crippen molar-refractivity contribution >= 4 is 23.7 Å². The molecule has 178 valence electrons. The first-order valence-electron chi connectivity index (χ1n) is 11.1. The van der Waals surface area contributed by atoms with Crippen LogP contribution in [0.3, 0.4) is 0 Å². The molecule has 0 fully saturated rings. The van der Waals surface area contributed by atoms with Gasteiger partial charge in [-0.25, -0.2) is 9.48 Å². The molecule has 1 N–H and O–H groups in total. The number of benzene rings is 2. The van der Waals surface area contributed by atoms with E-state index >= 15 is 0 Å². The van der Waals surface area contributed by atoms with Gasteiger partial charge in [0.25, 0.3) is 0 Å². The van der Waals surface area contributed by atoms with Gasteiger partial charge in [0.15, 0.2) is 11.5 Å². The fourth-order valence-corrected chi connectivity index (χ4v) is 4.38. The lowest BCUT2D eigenvalue weighted by atomic mass is 9.95. The summed E-state index contributed by atoms with van der Waals surface area (Å²) in [5.74, 6) is 2.21. The summed E-state index contributed by atoms with van der Waals surface area (Å²) in [5.41, 5.74) is 2.87. The summed E-state index contributed by atoms with van der Waals surface area (Å²) in [6.07, 6.45) is 0. The second-order valence-electron chi connectivity index (χ2n) is 7.57. The normalized spacial score (nSPS) is 14.9. The van der Waals surface area contributed by atoms with Crippen LogP contribution in [0.25, 0.3) is 0 Å². The van der Waals surface area contributed by atoms with Crippen LogP contribution < -0.4 is 14.8 Å². The summed E-state index contributed by atoms with van der Waals surface area (Å²) in [7, 11) is 1.60. The second kappa shape index (κ2) is 10.6. The number of nitrogens with one attached hydrogen (secondary N) is 1. The Balaban J connectivity index is 1.75. The van der Waals surface area contributed by atoms with Crippen LogP contribution in [0.4, 0.5) is 5.95 Å². The van der Waals surface area contributed by atoms with E-state index in [0.29, 0.717) is 40.5 Å². The van der Waals surface area contributed by atoms with E-state index in [1.807, 2.05) is 69.3 Å². The predicted molar refractivity (Wildman–Crippen MR) is 131 cm³/mol. The summed E-state index contributed by atoms with van der Waals surface area (Å²) < 4.78 is 18.7. The van der Waals surface area contributed by atoms with Crippen molar-refractivity contribution in [1.29, 1.82) is 0 Å². The molecule has 0 amide bonds. The fraction of sp³-hybridized carbons (Fsp3) is 0.320. The van der Waals surface area contributed by atoms with Crippen LogP contribution in [0.1, 0.15) is 37.9 Å². The number of carbonyl (C=O) groups excluding carboxylic acids is 1. The summed E-state index contributed by atoms with van der Waals surface area (Å²) in [4.78, 5) is 18.0. The van der Waals surface area contributed by atoms with Crippen molar-refractivity contribution in [3.63, 3.8) is 0 Å². The average Bonchev–Trinajstić information content (AvgIpc) is 3.24. The Labute approximate surface area is 203 Å². The minimum atomic E-state index is -0.539. The molecule has 8 nitrogen and oxygen atoms in total. The second-order valence-corrected chi connectivity index (χ2v) is 8.80. The van der Waals surface area contributed by atoms with E-state index < -0.39 is 12.0 Å². The maximum Gasteiger partial charge on any atom is 0.338 e. The molecule has 0 saturated carbocycles. The van der Waals surface area contributed by atoms with Gasteiger partial charge in [0.1, 0.15) is 12.6 Å². The number of esters is 1. The lowest BCUT2D eigenvalue weighted by molar-refractivity contribution is -0.140. The molecule has 2 heterocycles. The van der Waals surface area contributed by atoms with Gasteiger partial charge in [0.2, 0.25) is 11.1 Å². The Morgan fingerprint density at radius 2 is 1.94 bits per heavy atom. The van der Waals surface area contributed by atoms with Crippen molar-refractivity contribution in [3.8, 4) is 11.5 Å². The monoisotopic (exact) mass is 480 g/mol. The molecule has 1 atom stereocenters. The van der Waals surface area contributed by atoms with Crippen molar-refractivity contribution in [3.05, 3.63) is 70.9 Å². The molecule has 0 aliphatic carbocycles. The number of allylic oxidation sites excluding steroid dienone is 1. The molecular weight excluding hydrogens is 452 g/mol. The van der Waals surface area contributed by atoms with E-state index in [1.54, 1.807) is 11.8 Å². The minimum absolute atomic E-state index is 0.178. The number of methoxy groups -OCH3 is 1. The van der Waals surface area contributed by atoms with Crippen molar-refractivity contribution in [2.75, 3.05) is 24.8 Å². The molecular formula is C25H28N4O4S. The number of ether oxygens (including phenoxy) is 3. The van der Waals surface area contributed by atoms with Crippen molar-refractivity contribution in [1.82, 2.24) is 14.8 Å². The van der Waals surface area contributed by atoms with Gasteiger partial charge in [0, 0.05) is 5.70 Å². The van der Waals surface area contributed by atoms with Gasteiger partial charge in [-0.05, 0) is 42.9 Å². The summed E-state index contributed by atoms with van der Waals surface area (Å²) in [5, 5.41) is 8.56. The van der Waals surface area contributed by atoms with Crippen LogP contribution in [-0.2, 0) is 16.1 Å². The fourth-order valence-electron chi connectivity index (χ4n) is 3.83. The number of hydrogen-bond acceptors (Lipinski definition) is 8. The number of rotatable bonds is 9. The standard InChI is InChI=1S/C25H28N4O4S/c1-5-32-20-14-18(12-13-19(20)31-4)22-21(23(30)33-15-17-10-8-7-9-11-17)16(3)26-24-27-25(34-6-2)28-29(22)24/h7-14,22H,5-6,15H2,1-4H3,(H,26,27,28). The highest BCUT2D eigenvalue weighted by Gasteiger charge is 2.35. The van der Waals surface area contributed by atoms with E-state index in [2.05, 4.69) is 10.3 Å². The molecule has 9 heteroatoms. The molecule has 0 saturated heterocycles. The zero-order chi connectivity index (χ0) is 24.1. The highest BCUT2D eigenvalue weighted by atomic mass is 32.2. The third kappa shape index (κ3) is 4.89. The van der Waals surface area contributed by atoms with E-state index in [-0.39, 0.29) is 6.61 Å². The van der Waals surface area contributed by atoms with Crippen LogP contribution in [0.2, 0.25) is 0 Å². The number of aromatic nitrogens is 3. The Kier molecular flexibility index (Phi) is 7.42. The number of fused-ring (bicyclic) bond motifs is 1. The number of anilines is 1. The van der Waals surface area contributed by atoms with Crippen molar-refractivity contribution in [2.45, 2.75) is 38.6 Å². The first-order chi connectivity index (χ1) is 16.5. The largest absolute Gasteiger partial charge is 0.493 e. The maximum absolute atomic E-state index is 13.4. The Morgan fingerprint density at radius 1 is 1.15 bits per heavy atom. The summed E-state index contributed by atoms with van der Waals surface area (Å²) in [6.45, 7) is 6.47. The van der Waals surface area contributed by atoms with Crippen LogP contribution in [0, 0.1) is 0 Å². The lowest BCUT2D eigenvalue weighted by Crippen LogP contribution is -2.29. The van der Waals surface area contributed by atoms with Crippen molar-refractivity contribution in [2.24, 2.45) is 0 Å². The molecule has 3 aromatic rings. The number of hydrogen-bond donors (Lipinski definition) is 1. The lowest BCUT2D eigenvalue weighted by Gasteiger charge is -2.28. The van der Waals surface area contributed by atoms with Crippen LogP contribution in [-0.4, -0.2) is 40.2 Å². The van der Waals surface area contributed by atoms with Gasteiger partial charge in [-0.3, -0.25) is 0 Å². The highest BCUT2D eigenvalue weighted by Crippen LogP contribution is 2.39. The molecule has 1 aromatic heterocycles. The molecule has 0 radical (unpaired) electrons. The predicted octanol–water partition coefficient (Wildman–Crippen LogP) is 4.83. The molecule has 1 aliphatic rings. The first-order valence-corrected chi connectivity index (χ1v) is 12.1. The van der Waals surface area contributed by atoms with E-state index in [4.69, 9.17) is 19.3 Å². The van der Waals surface area contributed by atoms with Gasteiger partial charge < -0.3 is 19.5 Å². The summed E-state index contributed by atoms with van der Waals surface area (Å²) in [6, 6.07) is 14.7. The molecule has 4 rings (SSSR count). The quantitative estimate of drug-likeness (QED) is 0.344. The molecule has 1 aliphatic heterocycles. The van der Waals surface area contributed by atoms with E-state index in [1.165, 1.54) is 11.8 Å². The third-order valence-electron chi connectivity index (χ3n) is 5.34. The highest BCUT2D eigenvalue weighted by molar-refractivity contribution is 7.99. The van der Waals surface area contributed by atoms with Gasteiger partial charge >= 0.3 is 5.97 Å². The number of thioether (sulfide) groups is 1. The molecule has 2 aromatic carbocycles. The van der Waals surface area contributed by atoms with Gasteiger partial charge in [-0.1, -0.05) is 55.1 Å². The Hall–Kier alpha value is -3.46. The number of carbonyl (C=O) groups is 1. The molecule has 0 spiro atoms. The van der Waals surface area contributed by atoms with Gasteiger partial charge in [0.05, 0.1) is 19.3 Å². The van der Waals surface area contributed by atoms with Crippen molar-refractivity contribution < 1.29 is 19.0 Å². The number of nitrogens with zero attached hydrogens (tertiary/aromatic N) is 3. The van der Waals surface area contributed by atoms with Crippen LogP contribution >= 0.6 is 11.8 Å². The zero-order valence-electron chi connectivity index (χ0n) is 19.7. The van der Waals surface area contributed by atoms with Gasteiger partial charge in [-0.15, -0.1) is 5.10 Å². The summed E-state index contributed by atoms with van der Waals surface area (Å²) >= 11 is 1.54. The van der Waals surface area contributed by atoms with E-state index in [0.717, 1.165) is 16.9 Å². The molecule has 0 bridgehead atoms. The first kappa shape index (κ1) is 23.7. The smallest absolute Gasteiger partial charge is 0.338 e. The topological polar surface area (TPSA) is 87.5 Å². The Bertz CT molecular complexity index is 1190. The Morgan fingerprint density at radius 3 is 2.65 bits per heavy atom. The van der Waals surface area contributed by atoms with E-state index in [9.17, 15) is 4.79 Å². The average molecular weight is 481 g/mol.